The van der Waals surface area contributed by atoms with Crippen molar-refractivity contribution in [2.75, 3.05) is 10.6 Å². The van der Waals surface area contributed by atoms with E-state index in [-0.39, 0.29) is 18.3 Å². The first-order valence-electron chi connectivity index (χ1n) is 11.2. The van der Waals surface area contributed by atoms with Gasteiger partial charge in [-0.15, -0.1) is 0 Å². The molecule has 2 aromatic carbocycles. The van der Waals surface area contributed by atoms with E-state index >= 15 is 0 Å². The van der Waals surface area contributed by atoms with Gasteiger partial charge in [0.15, 0.2) is 17.0 Å². The third-order valence-electron chi connectivity index (χ3n) is 5.71. The highest BCUT2D eigenvalue weighted by Gasteiger charge is 2.26. The Bertz CT molecular complexity index is 1270. The Morgan fingerprint density at radius 2 is 1.88 bits per heavy atom. The number of benzene rings is 2. The fourth-order valence-electron chi connectivity index (χ4n) is 3.84. The van der Waals surface area contributed by atoms with Gasteiger partial charge in [0.2, 0.25) is 5.95 Å². The molecule has 0 fully saturated rings. The second-order valence-corrected chi connectivity index (χ2v) is 8.81. The molecule has 0 radical (unpaired) electrons. The van der Waals surface area contributed by atoms with Gasteiger partial charge in [0.25, 0.3) is 0 Å². The molecule has 0 saturated carbocycles. The monoisotopic (exact) mass is 464 g/mol. The smallest absolute Gasteiger partial charge is 0.227 e. The Morgan fingerprint density at radius 1 is 1.12 bits per heavy atom. The van der Waals surface area contributed by atoms with Gasteiger partial charge in [-0.05, 0) is 44.0 Å². The van der Waals surface area contributed by atoms with E-state index in [1.807, 2.05) is 41.8 Å². The van der Waals surface area contributed by atoms with Gasteiger partial charge in [0.1, 0.15) is 11.6 Å². The van der Waals surface area contributed by atoms with E-state index in [0.29, 0.717) is 41.5 Å². The van der Waals surface area contributed by atoms with Gasteiger partial charge in [-0.2, -0.15) is 9.97 Å². The Balaban J connectivity index is 1.72. The van der Waals surface area contributed by atoms with Crippen molar-refractivity contribution in [1.82, 2.24) is 19.5 Å². The summed E-state index contributed by atoms with van der Waals surface area (Å²) in [5.41, 5.74) is 1.66. The molecule has 0 saturated heterocycles. The Kier molecular flexibility index (Phi) is 6.65. The van der Waals surface area contributed by atoms with Crippen LogP contribution in [0.1, 0.15) is 38.3 Å². The number of hydrogen-bond acceptors (Lipinski definition) is 7. The van der Waals surface area contributed by atoms with E-state index in [2.05, 4.69) is 20.6 Å². The standard InChI is InChI=1S/C25H29FN6O2/c1-4-20(25(2,3)34)29-24-30-22(27-13-17-12-18(26)10-11-19(17)33)21-23(31-24)32(15-28-21)14-16-8-6-5-7-9-16/h5-12,15,20,33-34H,4,13-14H2,1-3H3,(H2,27,29,30,31). The number of phenols is 1. The first-order chi connectivity index (χ1) is 16.2. The quantitative estimate of drug-likeness (QED) is 0.293. The highest BCUT2D eigenvalue weighted by atomic mass is 19.1. The third kappa shape index (κ3) is 5.26. The summed E-state index contributed by atoms with van der Waals surface area (Å²) >= 11 is 0. The normalized spacial score (nSPS) is 12.6. The summed E-state index contributed by atoms with van der Waals surface area (Å²) in [5.74, 6) is 0.323. The highest BCUT2D eigenvalue weighted by molar-refractivity contribution is 5.84. The van der Waals surface area contributed by atoms with Crippen LogP contribution in [0.3, 0.4) is 0 Å². The van der Waals surface area contributed by atoms with Crippen molar-refractivity contribution >= 4 is 22.9 Å². The summed E-state index contributed by atoms with van der Waals surface area (Å²) in [6.45, 7) is 6.15. The predicted octanol–water partition coefficient (Wildman–Crippen LogP) is 4.29. The zero-order valence-electron chi connectivity index (χ0n) is 19.5. The molecule has 9 heteroatoms. The molecule has 0 spiro atoms. The Hall–Kier alpha value is -3.72. The fourth-order valence-corrected chi connectivity index (χ4v) is 3.84. The fraction of sp³-hybridized carbons (Fsp3) is 0.320. The number of rotatable bonds is 9. The molecule has 0 aliphatic carbocycles. The average molecular weight is 465 g/mol. The molecule has 2 aromatic heterocycles. The summed E-state index contributed by atoms with van der Waals surface area (Å²) < 4.78 is 15.6. The van der Waals surface area contributed by atoms with E-state index in [0.717, 1.165) is 5.56 Å². The van der Waals surface area contributed by atoms with Crippen molar-refractivity contribution in [2.24, 2.45) is 0 Å². The minimum absolute atomic E-state index is 0.0137. The van der Waals surface area contributed by atoms with Crippen molar-refractivity contribution in [3.8, 4) is 5.75 Å². The van der Waals surface area contributed by atoms with Crippen molar-refractivity contribution in [3.63, 3.8) is 0 Å². The van der Waals surface area contributed by atoms with Gasteiger partial charge >= 0.3 is 0 Å². The molecular formula is C25H29FN6O2. The van der Waals surface area contributed by atoms with Crippen LogP contribution in [0.15, 0.2) is 54.9 Å². The third-order valence-corrected chi connectivity index (χ3v) is 5.71. The molecule has 0 aliphatic rings. The van der Waals surface area contributed by atoms with Crippen molar-refractivity contribution in [3.05, 3.63) is 71.8 Å². The van der Waals surface area contributed by atoms with Crippen LogP contribution in [0.25, 0.3) is 11.2 Å². The zero-order valence-corrected chi connectivity index (χ0v) is 19.5. The number of nitrogens with zero attached hydrogens (tertiary/aromatic N) is 4. The number of aliphatic hydroxyl groups is 1. The van der Waals surface area contributed by atoms with Crippen LogP contribution in [0, 0.1) is 5.82 Å². The molecule has 1 unspecified atom stereocenters. The number of anilines is 2. The molecule has 8 nitrogen and oxygen atoms in total. The maximum Gasteiger partial charge on any atom is 0.227 e. The van der Waals surface area contributed by atoms with Gasteiger partial charge in [-0.3, -0.25) is 0 Å². The van der Waals surface area contributed by atoms with Crippen molar-refractivity contribution < 1.29 is 14.6 Å². The number of phenolic OH excluding ortho intramolecular Hbond substituents is 1. The van der Waals surface area contributed by atoms with Crippen molar-refractivity contribution in [1.29, 1.82) is 0 Å². The number of aromatic hydroxyl groups is 1. The van der Waals surface area contributed by atoms with Gasteiger partial charge in [0, 0.05) is 12.1 Å². The maximum absolute atomic E-state index is 13.7. The van der Waals surface area contributed by atoms with Crippen LogP contribution in [0.2, 0.25) is 0 Å². The van der Waals surface area contributed by atoms with Crippen LogP contribution in [0.4, 0.5) is 16.2 Å². The zero-order chi connectivity index (χ0) is 24.3. The summed E-state index contributed by atoms with van der Waals surface area (Å²) in [5, 5.41) is 27.0. The summed E-state index contributed by atoms with van der Waals surface area (Å²) in [4.78, 5) is 13.8. The molecule has 4 aromatic rings. The average Bonchev–Trinajstić information content (AvgIpc) is 3.20. The number of imidazole rings is 1. The van der Waals surface area contributed by atoms with Crippen LogP contribution in [-0.2, 0) is 13.1 Å². The van der Waals surface area contributed by atoms with Crippen LogP contribution < -0.4 is 10.6 Å². The molecule has 0 amide bonds. The first-order valence-corrected chi connectivity index (χ1v) is 11.2. The van der Waals surface area contributed by atoms with Crippen molar-refractivity contribution in [2.45, 2.75) is 51.9 Å². The Labute approximate surface area is 197 Å². The predicted molar refractivity (Wildman–Crippen MR) is 130 cm³/mol. The van der Waals surface area contributed by atoms with Gasteiger partial charge in [-0.1, -0.05) is 37.3 Å². The molecule has 0 aliphatic heterocycles. The van der Waals surface area contributed by atoms with Crippen LogP contribution in [-0.4, -0.2) is 41.4 Å². The molecule has 1 atom stereocenters. The number of halogens is 1. The second-order valence-electron chi connectivity index (χ2n) is 8.81. The van der Waals surface area contributed by atoms with Crippen LogP contribution >= 0.6 is 0 Å². The molecule has 178 valence electrons. The van der Waals surface area contributed by atoms with E-state index in [4.69, 9.17) is 4.98 Å². The van der Waals surface area contributed by atoms with E-state index in [1.54, 1.807) is 20.2 Å². The lowest BCUT2D eigenvalue weighted by Crippen LogP contribution is -2.41. The number of hydrogen-bond donors (Lipinski definition) is 4. The van der Waals surface area contributed by atoms with E-state index < -0.39 is 11.4 Å². The number of nitrogens with one attached hydrogen (secondary N) is 2. The Morgan fingerprint density at radius 3 is 2.59 bits per heavy atom. The minimum atomic E-state index is -0.988. The lowest BCUT2D eigenvalue weighted by atomic mass is 9.97. The number of aromatic nitrogens is 4. The lowest BCUT2D eigenvalue weighted by Gasteiger charge is -2.29. The minimum Gasteiger partial charge on any atom is -0.508 e. The molecule has 4 N–H and O–H groups in total. The largest absolute Gasteiger partial charge is 0.508 e. The van der Waals surface area contributed by atoms with E-state index in [9.17, 15) is 14.6 Å². The maximum atomic E-state index is 13.7. The SMILES string of the molecule is CCC(Nc1nc(NCc2cc(F)ccc2O)c2ncn(Cc3ccccc3)c2n1)C(C)(C)O. The first kappa shape index (κ1) is 23.4. The lowest BCUT2D eigenvalue weighted by molar-refractivity contribution is 0.0577. The van der Waals surface area contributed by atoms with E-state index in [1.165, 1.54) is 18.2 Å². The molecule has 34 heavy (non-hydrogen) atoms. The summed E-state index contributed by atoms with van der Waals surface area (Å²) in [7, 11) is 0. The van der Waals surface area contributed by atoms with Gasteiger partial charge in [-0.25, -0.2) is 9.37 Å². The van der Waals surface area contributed by atoms with Gasteiger partial charge < -0.3 is 25.4 Å². The van der Waals surface area contributed by atoms with Gasteiger partial charge in [0.05, 0.1) is 24.5 Å². The molecule has 0 bridgehead atoms. The second kappa shape index (κ2) is 9.64. The molecular weight excluding hydrogens is 435 g/mol. The van der Waals surface area contributed by atoms with Crippen LogP contribution in [0.5, 0.6) is 5.75 Å². The topological polar surface area (TPSA) is 108 Å². The highest BCUT2D eigenvalue weighted by Crippen LogP contribution is 2.26. The molecule has 2 heterocycles. The molecule has 4 rings (SSSR count). The number of fused-ring (bicyclic) bond motifs is 1. The summed E-state index contributed by atoms with van der Waals surface area (Å²) in [6.07, 6.45) is 2.36. The summed E-state index contributed by atoms with van der Waals surface area (Å²) in [6, 6.07) is 13.5.